The number of H-pyrrole nitrogens is 1. The minimum atomic E-state index is -0.315. The second kappa shape index (κ2) is 7.19. The van der Waals surface area contributed by atoms with E-state index in [1.54, 1.807) is 30.3 Å². The van der Waals surface area contributed by atoms with Crippen LogP contribution < -0.4 is 20.1 Å². The Morgan fingerprint density at radius 1 is 1.20 bits per heavy atom. The molecule has 5 nitrogen and oxygen atoms in total. The third kappa shape index (κ3) is 4.45. The maximum atomic E-state index is 12.1. The number of benzene rings is 2. The van der Waals surface area contributed by atoms with Gasteiger partial charge < -0.3 is 15.4 Å². The Kier molecular flexibility index (Phi) is 4.81. The van der Waals surface area contributed by atoms with Gasteiger partial charge in [-0.15, -0.1) is 11.3 Å². The molecule has 0 atom stereocenters. The van der Waals surface area contributed by atoms with E-state index in [2.05, 4.69) is 10.3 Å². The molecule has 1 aromatic heterocycles. The summed E-state index contributed by atoms with van der Waals surface area (Å²) in [5.74, 6) is -0.184. The Morgan fingerprint density at radius 2 is 1.96 bits per heavy atom. The Bertz CT molecular complexity index is 1080. The van der Waals surface area contributed by atoms with Gasteiger partial charge in [0.05, 0.1) is 4.53 Å². The molecule has 0 saturated heterocycles. The van der Waals surface area contributed by atoms with E-state index in [9.17, 15) is 14.7 Å². The minimum Gasteiger partial charge on any atom is -0.508 e. The van der Waals surface area contributed by atoms with E-state index in [4.69, 9.17) is 0 Å². The molecule has 0 radical (unpaired) electrons. The Morgan fingerprint density at radius 3 is 2.68 bits per heavy atom. The molecule has 0 fully saturated rings. The molecule has 126 valence electrons. The van der Waals surface area contributed by atoms with Crippen molar-refractivity contribution >= 4 is 35.1 Å². The van der Waals surface area contributed by atoms with Crippen molar-refractivity contribution in [2.45, 2.75) is 6.92 Å². The molecule has 1 amide bonds. The number of aromatic nitrogens is 1. The van der Waals surface area contributed by atoms with Crippen molar-refractivity contribution in [1.82, 2.24) is 4.98 Å². The van der Waals surface area contributed by atoms with Crippen molar-refractivity contribution in [3.8, 4) is 5.75 Å². The summed E-state index contributed by atoms with van der Waals surface area (Å²) in [7, 11) is 0. The van der Waals surface area contributed by atoms with E-state index in [1.165, 1.54) is 17.4 Å². The number of thiazole rings is 1. The van der Waals surface area contributed by atoms with E-state index < -0.39 is 0 Å². The molecule has 3 rings (SSSR count). The van der Waals surface area contributed by atoms with Crippen molar-refractivity contribution in [2.24, 2.45) is 0 Å². The van der Waals surface area contributed by atoms with Gasteiger partial charge in [-0.2, -0.15) is 0 Å². The molecule has 0 spiro atoms. The van der Waals surface area contributed by atoms with Crippen LogP contribution >= 0.6 is 11.3 Å². The van der Waals surface area contributed by atoms with Gasteiger partial charge in [0.2, 0.25) is 0 Å². The van der Waals surface area contributed by atoms with Crippen LogP contribution in [0.5, 0.6) is 5.75 Å². The van der Waals surface area contributed by atoms with Gasteiger partial charge in [0, 0.05) is 11.8 Å². The van der Waals surface area contributed by atoms with Crippen LogP contribution in [0.25, 0.3) is 12.2 Å². The number of phenolic OH excluding ortho intramolecular Hbond substituents is 1. The number of hydrogen-bond acceptors (Lipinski definition) is 4. The molecule has 2 aromatic carbocycles. The average molecular weight is 352 g/mol. The molecule has 6 heteroatoms. The number of nitrogens with one attached hydrogen (secondary N) is 2. The first kappa shape index (κ1) is 16.7. The zero-order chi connectivity index (χ0) is 17.8. The molecule has 0 saturated carbocycles. The maximum absolute atomic E-state index is 12.1. The van der Waals surface area contributed by atoms with Gasteiger partial charge in [0.25, 0.3) is 11.5 Å². The summed E-state index contributed by atoms with van der Waals surface area (Å²) < 4.78 is 0.918. The summed E-state index contributed by atoms with van der Waals surface area (Å²) in [5, 5.41) is 12.2. The number of carbonyl (C=O) groups is 1. The number of aromatic amines is 1. The predicted molar refractivity (Wildman–Crippen MR) is 100 cm³/mol. The first-order valence-corrected chi connectivity index (χ1v) is 8.40. The lowest BCUT2D eigenvalue weighted by molar-refractivity contribution is -0.110. The molecule has 0 bridgehead atoms. The van der Waals surface area contributed by atoms with Crippen LogP contribution in [-0.4, -0.2) is 16.0 Å². The topological polar surface area (TPSA) is 82.2 Å². The summed E-state index contributed by atoms with van der Waals surface area (Å²) in [5.41, 5.74) is 2.24. The van der Waals surface area contributed by atoms with Crippen molar-refractivity contribution < 1.29 is 9.90 Å². The van der Waals surface area contributed by atoms with Crippen LogP contribution in [0.1, 0.15) is 11.1 Å². The van der Waals surface area contributed by atoms with Crippen molar-refractivity contribution in [3.05, 3.63) is 79.2 Å². The Hall–Kier alpha value is -3.12. The van der Waals surface area contributed by atoms with Crippen LogP contribution in [0.3, 0.4) is 0 Å². The molecule has 3 N–H and O–H groups in total. The van der Waals surface area contributed by atoms with Crippen LogP contribution in [-0.2, 0) is 4.79 Å². The molecular weight excluding hydrogens is 336 g/mol. The average Bonchev–Trinajstić information content (AvgIpc) is 2.89. The van der Waals surface area contributed by atoms with Crippen LogP contribution in [0.15, 0.2) is 53.3 Å². The van der Waals surface area contributed by atoms with E-state index >= 15 is 0 Å². The van der Waals surface area contributed by atoms with Gasteiger partial charge in [0.15, 0.2) is 0 Å². The first-order chi connectivity index (χ1) is 12.0. The SMILES string of the molecule is Cc1ccc(NC(=O)/C=c2/[nH]c(=O)/c(=C/c3cccc(O)c3)s2)cc1. The highest BCUT2D eigenvalue weighted by molar-refractivity contribution is 7.07. The normalized spacial score (nSPS) is 12.4. The molecular formula is C19H16N2O3S. The van der Waals surface area contributed by atoms with E-state index in [1.807, 2.05) is 31.2 Å². The first-order valence-electron chi connectivity index (χ1n) is 7.59. The maximum Gasteiger partial charge on any atom is 0.266 e. The fourth-order valence-corrected chi connectivity index (χ4v) is 3.11. The monoisotopic (exact) mass is 352 g/mol. The number of amides is 1. The third-order valence-corrected chi connectivity index (χ3v) is 4.39. The number of rotatable bonds is 3. The number of carbonyl (C=O) groups excluding carboxylic acids is 1. The fraction of sp³-hybridized carbons (Fsp3) is 0.0526. The van der Waals surface area contributed by atoms with E-state index in [0.717, 1.165) is 5.56 Å². The number of phenols is 1. The summed E-state index contributed by atoms with van der Waals surface area (Å²) in [6.07, 6.45) is 3.02. The summed E-state index contributed by atoms with van der Waals surface area (Å²) >= 11 is 1.18. The van der Waals surface area contributed by atoms with Gasteiger partial charge in [0.1, 0.15) is 10.4 Å². The second-order valence-corrected chi connectivity index (χ2v) is 6.61. The standard InChI is InChI=1S/C19H16N2O3S/c1-12-5-7-14(8-6-12)20-17(23)11-18-21-19(24)16(25-18)10-13-3-2-4-15(22)9-13/h2-11,22H,1H3,(H,20,23)(H,21,24)/b16-10-,18-11-. The molecule has 3 aromatic rings. The van der Waals surface area contributed by atoms with E-state index in [0.29, 0.717) is 20.4 Å². The van der Waals surface area contributed by atoms with Gasteiger partial charge >= 0.3 is 0 Å². The zero-order valence-electron chi connectivity index (χ0n) is 13.4. The van der Waals surface area contributed by atoms with Crippen LogP contribution in [0.2, 0.25) is 0 Å². The molecule has 1 heterocycles. The smallest absolute Gasteiger partial charge is 0.266 e. The van der Waals surface area contributed by atoms with Crippen molar-refractivity contribution in [3.63, 3.8) is 0 Å². The van der Waals surface area contributed by atoms with Crippen molar-refractivity contribution in [1.29, 1.82) is 0 Å². The third-order valence-electron chi connectivity index (χ3n) is 3.43. The quantitative estimate of drug-likeness (QED) is 0.671. The number of aromatic hydroxyl groups is 1. The predicted octanol–water partition coefficient (Wildman–Crippen LogP) is 1.70. The van der Waals surface area contributed by atoms with E-state index in [-0.39, 0.29) is 17.2 Å². The molecule has 0 unspecified atom stereocenters. The summed E-state index contributed by atoms with van der Waals surface area (Å²) in [6, 6.07) is 14.1. The van der Waals surface area contributed by atoms with Gasteiger partial charge in [-0.3, -0.25) is 9.59 Å². The number of hydrogen-bond donors (Lipinski definition) is 3. The number of anilines is 1. The molecule has 0 aliphatic rings. The highest BCUT2D eigenvalue weighted by atomic mass is 32.1. The van der Waals surface area contributed by atoms with Crippen LogP contribution in [0.4, 0.5) is 5.69 Å². The van der Waals surface area contributed by atoms with Crippen LogP contribution in [0, 0.1) is 6.92 Å². The van der Waals surface area contributed by atoms with Gasteiger partial charge in [-0.05, 0) is 42.8 Å². The highest BCUT2D eigenvalue weighted by Gasteiger charge is 2.01. The highest BCUT2D eigenvalue weighted by Crippen LogP contribution is 2.11. The Labute approximate surface area is 147 Å². The second-order valence-electron chi connectivity index (χ2n) is 5.52. The lowest BCUT2D eigenvalue weighted by atomic mass is 10.2. The fourth-order valence-electron chi connectivity index (χ4n) is 2.22. The van der Waals surface area contributed by atoms with Gasteiger partial charge in [-0.25, -0.2) is 0 Å². The van der Waals surface area contributed by atoms with Gasteiger partial charge in [-0.1, -0.05) is 29.8 Å². The minimum absolute atomic E-state index is 0.131. The molecule has 25 heavy (non-hydrogen) atoms. The summed E-state index contributed by atoms with van der Waals surface area (Å²) in [6.45, 7) is 1.97. The molecule has 0 aliphatic carbocycles. The largest absolute Gasteiger partial charge is 0.508 e. The lowest BCUT2D eigenvalue weighted by Gasteiger charge is -2.01. The lowest BCUT2D eigenvalue weighted by Crippen LogP contribution is -2.20. The van der Waals surface area contributed by atoms with Crippen molar-refractivity contribution in [2.75, 3.05) is 5.32 Å². The Balaban J connectivity index is 1.86. The summed E-state index contributed by atoms with van der Waals surface area (Å²) in [4.78, 5) is 26.7. The molecule has 0 aliphatic heterocycles. The zero-order valence-corrected chi connectivity index (χ0v) is 14.3. The number of aryl methyl sites for hydroxylation is 1.